The van der Waals surface area contributed by atoms with Crippen LogP contribution in [0.3, 0.4) is 0 Å². The van der Waals surface area contributed by atoms with Crippen molar-refractivity contribution < 1.29 is 14.4 Å². The maximum Gasteiger partial charge on any atom is 0.251 e. The molecule has 6 rings (SSSR count). The van der Waals surface area contributed by atoms with Crippen LogP contribution in [-0.4, -0.2) is 41.9 Å². The van der Waals surface area contributed by atoms with Gasteiger partial charge in [0.2, 0.25) is 0 Å². The fourth-order valence-corrected chi connectivity index (χ4v) is 9.07. The molecule has 7 heteroatoms. The van der Waals surface area contributed by atoms with Crippen LogP contribution in [0.15, 0.2) is 48.5 Å². The van der Waals surface area contributed by atoms with Gasteiger partial charge in [-0.2, -0.15) is 0 Å². The van der Waals surface area contributed by atoms with E-state index in [0.717, 1.165) is 69.8 Å². The van der Waals surface area contributed by atoms with Gasteiger partial charge in [-0.05, 0) is 106 Å². The second kappa shape index (κ2) is 17.0. The van der Waals surface area contributed by atoms with Crippen molar-refractivity contribution in [3.05, 3.63) is 70.8 Å². The summed E-state index contributed by atoms with van der Waals surface area (Å²) >= 11 is 0. The average molecular weight is 655 g/mol. The molecular formula is C41H58N4O3. The summed E-state index contributed by atoms with van der Waals surface area (Å²) in [5.74, 6) is 0.968. The van der Waals surface area contributed by atoms with Crippen molar-refractivity contribution in [2.75, 3.05) is 0 Å². The monoisotopic (exact) mass is 654 g/mol. The number of carbonyl (C=O) groups is 3. The fourth-order valence-electron chi connectivity index (χ4n) is 9.07. The third kappa shape index (κ3) is 9.49. The van der Waals surface area contributed by atoms with E-state index in [1.807, 2.05) is 24.3 Å². The minimum Gasteiger partial charge on any atom is -0.349 e. The molecule has 0 spiro atoms. The van der Waals surface area contributed by atoms with Crippen molar-refractivity contribution in [3.63, 3.8) is 0 Å². The normalized spacial score (nSPS) is 26.3. The Balaban J connectivity index is 0.970. The fraction of sp³-hybridized carbons (Fsp3) is 0.634. The van der Waals surface area contributed by atoms with Crippen LogP contribution in [0.25, 0.3) is 0 Å². The molecule has 5 atom stereocenters. The van der Waals surface area contributed by atoms with E-state index in [2.05, 4.69) is 40.3 Å². The molecule has 0 bridgehead atoms. The van der Waals surface area contributed by atoms with E-state index in [9.17, 15) is 14.4 Å². The molecule has 260 valence electrons. The summed E-state index contributed by atoms with van der Waals surface area (Å²) in [7, 11) is 0. The Morgan fingerprint density at radius 1 is 0.521 bits per heavy atom. The molecule has 2 aromatic rings. The zero-order valence-corrected chi connectivity index (χ0v) is 29.1. The van der Waals surface area contributed by atoms with Crippen molar-refractivity contribution in [1.29, 1.82) is 0 Å². The minimum absolute atomic E-state index is 0.0310. The summed E-state index contributed by atoms with van der Waals surface area (Å²) in [6.07, 6.45) is 20.8. The second-order valence-electron chi connectivity index (χ2n) is 15.4. The average Bonchev–Trinajstić information content (AvgIpc) is 3.13. The minimum atomic E-state index is -0.0908. The summed E-state index contributed by atoms with van der Waals surface area (Å²) in [5.41, 5.74) is 3.09. The molecule has 0 radical (unpaired) electrons. The molecule has 4 saturated carbocycles. The zero-order valence-electron chi connectivity index (χ0n) is 29.1. The molecule has 0 aromatic heterocycles. The molecule has 2 aromatic carbocycles. The van der Waals surface area contributed by atoms with Gasteiger partial charge in [-0.25, -0.2) is 0 Å². The molecular weight excluding hydrogens is 596 g/mol. The number of hydrogen-bond acceptors (Lipinski definition) is 4. The molecule has 4 aliphatic rings. The summed E-state index contributed by atoms with van der Waals surface area (Å²) < 4.78 is 0. The molecule has 4 N–H and O–H groups in total. The highest BCUT2D eigenvalue weighted by Crippen LogP contribution is 2.38. The van der Waals surface area contributed by atoms with E-state index in [1.54, 1.807) is 12.1 Å². The number of benzene rings is 2. The van der Waals surface area contributed by atoms with E-state index >= 15 is 0 Å². The molecule has 0 saturated heterocycles. The summed E-state index contributed by atoms with van der Waals surface area (Å²) in [5, 5.41) is 13.6. The number of amides is 3. The van der Waals surface area contributed by atoms with Crippen LogP contribution >= 0.6 is 0 Å². The molecule has 4 fully saturated rings. The van der Waals surface area contributed by atoms with E-state index < -0.39 is 0 Å². The van der Waals surface area contributed by atoms with Crippen molar-refractivity contribution in [2.24, 2.45) is 11.8 Å². The Morgan fingerprint density at radius 3 is 1.52 bits per heavy atom. The third-order valence-electron chi connectivity index (χ3n) is 11.9. The summed E-state index contributed by atoms with van der Waals surface area (Å²) in [6.45, 7) is 2.23. The van der Waals surface area contributed by atoms with Gasteiger partial charge in [-0.15, -0.1) is 0 Å². The predicted octanol–water partition coefficient (Wildman–Crippen LogP) is 8.01. The molecule has 4 aliphatic carbocycles. The Bertz CT molecular complexity index is 1360. The standard InChI is InChI=1S/C41H58N4O3/c1-28(42-35-15-4-2-5-16-35)29-21-23-30(24-22-29)39(46)44-37-19-9-11-31(26-37)32-12-10-20-38(27-32)45-41(48)34-14-8-13-33(25-34)40(47)43-36-17-6-3-7-18-36/h8,13-14,21-25,28,31-32,35-38,42H,2-7,9-12,15-20,26-27H2,1H3,(H,43,47)(H,44,46)(H,45,48). The van der Waals surface area contributed by atoms with Crippen LogP contribution in [0.4, 0.5) is 0 Å². The molecule has 7 nitrogen and oxygen atoms in total. The molecule has 0 heterocycles. The summed E-state index contributed by atoms with van der Waals surface area (Å²) in [6, 6.07) is 16.8. The van der Waals surface area contributed by atoms with Gasteiger partial charge in [0, 0.05) is 46.9 Å². The maximum absolute atomic E-state index is 13.3. The highest BCUT2D eigenvalue weighted by Gasteiger charge is 2.33. The molecule has 48 heavy (non-hydrogen) atoms. The largest absolute Gasteiger partial charge is 0.349 e. The van der Waals surface area contributed by atoms with Crippen LogP contribution in [0, 0.1) is 11.8 Å². The van der Waals surface area contributed by atoms with E-state index in [1.165, 1.54) is 56.9 Å². The molecule has 5 unspecified atom stereocenters. The van der Waals surface area contributed by atoms with Gasteiger partial charge in [0.15, 0.2) is 0 Å². The van der Waals surface area contributed by atoms with Crippen molar-refractivity contribution in [1.82, 2.24) is 21.3 Å². The van der Waals surface area contributed by atoms with E-state index in [0.29, 0.717) is 29.0 Å². The van der Waals surface area contributed by atoms with Crippen molar-refractivity contribution in [3.8, 4) is 0 Å². The third-order valence-corrected chi connectivity index (χ3v) is 11.9. The van der Waals surface area contributed by atoms with Gasteiger partial charge < -0.3 is 21.3 Å². The van der Waals surface area contributed by atoms with Crippen LogP contribution < -0.4 is 21.3 Å². The lowest BCUT2D eigenvalue weighted by atomic mass is 9.71. The maximum atomic E-state index is 13.3. The van der Waals surface area contributed by atoms with Crippen molar-refractivity contribution >= 4 is 17.7 Å². The van der Waals surface area contributed by atoms with Gasteiger partial charge in [0.1, 0.15) is 0 Å². The lowest BCUT2D eigenvalue weighted by molar-refractivity contribution is 0.0861. The van der Waals surface area contributed by atoms with Gasteiger partial charge in [0.05, 0.1) is 0 Å². The second-order valence-corrected chi connectivity index (χ2v) is 15.4. The first-order valence-corrected chi connectivity index (χ1v) is 19.3. The van der Waals surface area contributed by atoms with Gasteiger partial charge in [-0.1, -0.05) is 82.4 Å². The summed E-state index contributed by atoms with van der Waals surface area (Å²) in [4.78, 5) is 39.5. The van der Waals surface area contributed by atoms with Crippen LogP contribution in [-0.2, 0) is 0 Å². The quantitative estimate of drug-likeness (QED) is 0.209. The highest BCUT2D eigenvalue weighted by atomic mass is 16.2. The highest BCUT2D eigenvalue weighted by molar-refractivity contribution is 6.00. The number of carbonyl (C=O) groups excluding carboxylic acids is 3. The van der Waals surface area contributed by atoms with Crippen molar-refractivity contribution in [2.45, 2.75) is 153 Å². The Morgan fingerprint density at radius 2 is 0.979 bits per heavy atom. The van der Waals surface area contributed by atoms with Crippen LogP contribution in [0.5, 0.6) is 0 Å². The number of rotatable bonds is 10. The first-order valence-electron chi connectivity index (χ1n) is 19.3. The number of hydrogen-bond donors (Lipinski definition) is 4. The smallest absolute Gasteiger partial charge is 0.251 e. The van der Waals surface area contributed by atoms with Gasteiger partial charge in [-0.3, -0.25) is 14.4 Å². The number of nitrogens with one attached hydrogen (secondary N) is 4. The Labute approximate surface area is 288 Å². The zero-order chi connectivity index (χ0) is 33.3. The molecule has 3 amide bonds. The first kappa shape index (κ1) is 34.7. The van der Waals surface area contributed by atoms with Crippen LogP contribution in [0.2, 0.25) is 0 Å². The Hall–Kier alpha value is -3.19. The Kier molecular flexibility index (Phi) is 12.2. The van der Waals surface area contributed by atoms with Gasteiger partial charge in [0.25, 0.3) is 17.7 Å². The lowest BCUT2D eigenvalue weighted by Crippen LogP contribution is -2.43. The topological polar surface area (TPSA) is 99.3 Å². The predicted molar refractivity (Wildman–Crippen MR) is 192 cm³/mol. The first-order chi connectivity index (χ1) is 23.4. The lowest BCUT2D eigenvalue weighted by Gasteiger charge is -2.39. The van der Waals surface area contributed by atoms with Gasteiger partial charge >= 0.3 is 0 Å². The van der Waals surface area contributed by atoms with E-state index in [4.69, 9.17) is 0 Å². The van der Waals surface area contributed by atoms with Crippen LogP contribution in [0.1, 0.15) is 165 Å². The molecule has 0 aliphatic heterocycles. The van der Waals surface area contributed by atoms with E-state index in [-0.39, 0.29) is 41.9 Å². The SMILES string of the molecule is CC(NC1CCCCC1)c1ccc(C(=O)NC2CCCC(C3CCCC(NC(=O)c4cccc(C(=O)NC5CCCCC5)c4)C3)C2)cc1.